The van der Waals surface area contributed by atoms with Crippen LogP contribution in [-0.2, 0) is 0 Å². The number of hydrogen-bond acceptors (Lipinski definition) is 2. The van der Waals surface area contributed by atoms with Gasteiger partial charge in [-0.15, -0.1) is 0 Å². The van der Waals surface area contributed by atoms with Crippen molar-refractivity contribution in [2.45, 2.75) is 77.7 Å². The lowest BCUT2D eigenvalue weighted by atomic mass is 10.1. The molecule has 0 N–H and O–H groups in total. The standard InChI is InChI=1S/C24H34BrClO2/c1-3-5-8-11-20(4-2)28-21-13-14-22-19(18-21)12-15-23(24(22)26)27-17-10-7-6-9-16-25/h12-15,18,20H,3-11,16-17H2,1-2H3. The zero-order chi connectivity index (χ0) is 20.2. The highest BCUT2D eigenvalue weighted by molar-refractivity contribution is 9.09. The average molecular weight is 470 g/mol. The fourth-order valence-electron chi connectivity index (χ4n) is 3.33. The van der Waals surface area contributed by atoms with Crippen molar-refractivity contribution >= 4 is 38.3 Å². The fraction of sp³-hybridized carbons (Fsp3) is 0.583. The molecule has 2 aromatic carbocycles. The van der Waals surface area contributed by atoms with E-state index < -0.39 is 0 Å². The Morgan fingerprint density at radius 2 is 1.79 bits per heavy atom. The molecule has 0 radical (unpaired) electrons. The molecule has 0 saturated heterocycles. The van der Waals surface area contributed by atoms with Gasteiger partial charge in [-0.3, -0.25) is 0 Å². The Bertz CT molecular complexity index is 704. The molecule has 4 heteroatoms. The lowest BCUT2D eigenvalue weighted by Gasteiger charge is -2.18. The first-order valence-corrected chi connectivity index (χ1v) is 12.3. The molecule has 0 fully saturated rings. The third-order valence-corrected chi connectivity index (χ3v) is 6.01. The number of rotatable bonds is 14. The Balaban J connectivity index is 1.97. The van der Waals surface area contributed by atoms with Crippen LogP contribution < -0.4 is 9.47 Å². The van der Waals surface area contributed by atoms with Gasteiger partial charge >= 0.3 is 0 Å². The average Bonchev–Trinajstić information content (AvgIpc) is 2.71. The van der Waals surface area contributed by atoms with Crippen molar-refractivity contribution in [1.82, 2.24) is 0 Å². The van der Waals surface area contributed by atoms with Gasteiger partial charge in [0.25, 0.3) is 0 Å². The van der Waals surface area contributed by atoms with E-state index in [0.717, 1.165) is 46.9 Å². The summed E-state index contributed by atoms with van der Waals surface area (Å²) in [6, 6.07) is 10.2. The van der Waals surface area contributed by atoms with E-state index in [4.69, 9.17) is 21.1 Å². The second-order valence-corrected chi connectivity index (χ2v) is 8.53. The molecule has 0 bridgehead atoms. The number of ether oxygens (including phenoxy) is 2. The maximum Gasteiger partial charge on any atom is 0.138 e. The summed E-state index contributed by atoms with van der Waals surface area (Å²) in [6.07, 6.45) is 10.9. The molecule has 1 unspecified atom stereocenters. The SMILES string of the molecule is CCCCCC(CC)Oc1ccc2c(Cl)c(OCCCCCCBr)ccc2c1. The van der Waals surface area contributed by atoms with Crippen LogP contribution in [0.3, 0.4) is 0 Å². The molecule has 0 amide bonds. The minimum absolute atomic E-state index is 0.284. The summed E-state index contributed by atoms with van der Waals surface area (Å²) in [5.41, 5.74) is 0. The van der Waals surface area contributed by atoms with Crippen LogP contribution in [-0.4, -0.2) is 18.0 Å². The number of benzene rings is 2. The van der Waals surface area contributed by atoms with Crippen molar-refractivity contribution < 1.29 is 9.47 Å². The molecule has 0 spiro atoms. The van der Waals surface area contributed by atoms with Crippen molar-refractivity contribution in [1.29, 1.82) is 0 Å². The summed E-state index contributed by atoms with van der Waals surface area (Å²) in [6.45, 7) is 5.14. The van der Waals surface area contributed by atoms with Gasteiger partial charge in [0.2, 0.25) is 0 Å². The Morgan fingerprint density at radius 3 is 2.54 bits per heavy atom. The summed E-state index contributed by atoms with van der Waals surface area (Å²) in [5, 5.41) is 3.88. The van der Waals surface area contributed by atoms with Crippen molar-refractivity contribution in [3.8, 4) is 11.5 Å². The highest BCUT2D eigenvalue weighted by Gasteiger charge is 2.11. The molecule has 0 heterocycles. The third-order valence-electron chi connectivity index (χ3n) is 5.06. The molecular formula is C24H34BrClO2. The number of unbranched alkanes of at least 4 members (excludes halogenated alkanes) is 5. The van der Waals surface area contributed by atoms with Gasteiger partial charge < -0.3 is 9.47 Å². The second kappa shape index (κ2) is 13.3. The van der Waals surface area contributed by atoms with E-state index in [9.17, 15) is 0 Å². The molecule has 0 aliphatic carbocycles. The van der Waals surface area contributed by atoms with Gasteiger partial charge in [-0.1, -0.05) is 73.1 Å². The van der Waals surface area contributed by atoms with Crippen LogP contribution in [0.15, 0.2) is 30.3 Å². The van der Waals surface area contributed by atoms with E-state index in [2.05, 4.69) is 48.0 Å². The Kier molecular flexibility index (Phi) is 11.1. The smallest absolute Gasteiger partial charge is 0.138 e. The Labute approximate surface area is 184 Å². The Morgan fingerprint density at radius 1 is 0.964 bits per heavy atom. The molecule has 2 rings (SSSR count). The van der Waals surface area contributed by atoms with E-state index in [-0.39, 0.29) is 6.10 Å². The molecule has 0 aliphatic rings. The molecule has 0 aromatic heterocycles. The predicted octanol–water partition coefficient (Wildman–Crippen LogP) is 8.57. The predicted molar refractivity (Wildman–Crippen MR) is 126 cm³/mol. The second-order valence-electron chi connectivity index (χ2n) is 7.36. The number of hydrogen-bond donors (Lipinski definition) is 0. The maximum atomic E-state index is 6.60. The van der Waals surface area contributed by atoms with E-state index in [1.54, 1.807) is 0 Å². The van der Waals surface area contributed by atoms with Crippen LogP contribution in [0.25, 0.3) is 10.8 Å². The topological polar surface area (TPSA) is 18.5 Å². The number of fused-ring (bicyclic) bond motifs is 1. The zero-order valence-corrected chi connectivity index (χ0v) is 19.7. The lowest BCUT2D eigenvalue weighted by molar-refractivity contribution is 0.183. The lowest BCUT2D eigenvalue weighted by Crippen LogP contribution is -2.15. The largest absolute Gasteiger partial charge is 0.492 e. The molecule has 0 saturated carbocycles. The van der Waals surface area contributed by atoms with E-state index >= 15 is 0 Å². The van der Waals surface area contributed by atoms with Crippen LogP contribution in [0.1, 0.15) is 71.6 Å². The molecule has 28 heavy (non-hydrogen) atoms. The monoisotopic (exact) mass is 468 g/mol. The number of halogens is 2. The quantitative estimate of drug-likeness (QED) is 0.204. The van der Waals surface area contributed by atoms with Crippen molar-refractivity contribution in [3.05, 3.63) is 35.4 Å². The van der Waals surface area contributed by atoms with E-state index in [1.165, 1.54) is 38.5 Å². The zero-order valence-electron chi connectivity index (χ0n) is 17.3. The summed E-state index contributed by atoms with van der Waals surface area (Å²) in [4.78, 5) is 0. The summed E-state index contributed by atoms with van der Waals surface area (Å²) in [5.74, 6) is 1.70. The summed E-state index contributed by atoms with van der Waals surface area (Å²) in [7, 11) is 0. The van der Waals surface area contributed by atoms with E-state index in [0.29, 0.717) is 11.6 Å². The van der Waals surface area contributed by atoms with Gasteiger partial charge in [0.05, 0.1) is 17.7 Å². The van der Waals surface area contributed by atoms with Gasteiger partial charge in [-0.2, -0.15) is 0 Å². The van der Waals surface area contributed by atoms with Crippen molar-refractivity contribution in [2.24, 2.45) is 0 Å². The molecule has 1 atom stereocenters. The van der Waals surface area contributed by atoms with Crippen molar-refractivity contribution in [3.63, 3.8) is 0 Å². The van der Waals surface area contributed by atoms with Gasteiger partial charge in [0.1, 0.15) is 11.5 Å². The van der Waals surface area contributed by atoms with Crippen molar-refractivity contribution in [2.75, 3.05) is 11.9 Å². The van der Waals surface area contributed by atoms with Crippen LogP contribution in [0.4, 0.5) is 0 Å². The molecule has 2 aromatic rings. The highest BCUT2D eigenvalue weighted by atomic mass is 79.9. The van der Waals surface area contributed by atoms with Gasteiger partial charge in [0.15, 0.2) is 0 Å². The molecule has 2 nitrogen and oxygen atoms in total. The van der Waals surface area contributed by atoms with E-state index in [1.807, 2.05) is 12.1 Å². The van der Waals surface area contributed by atoms with Gasteiger partial charge in [-0.05, 0) is 61.8 Å². The van der Waals surface area contributed by atoms with Gasteiger partial charge in [0, 0.05) is 10.7 Å². The normalized spacial score (nSPS) is 12.3. The first kappa shape index (κ1) is 23.3. The first-order chi connectivity index (χ1) is 13.7. The first-order valence-electron chi connectivity index (χ1n) is 10.8. The molecular weight excluding hydrogens is 436 g/mol. The highest BCUT2D eigenvalue weighted by Crippen LogP contribution is 2.35. The summed E-state index contributed by atoms with van der Waals surface area (Å²) >= 11 is 10.1. The third kappa shape index (κ3) is 7.48. The Hall–Kier alpha value is -0.930. The minimum Gasteiger partial charge on any atom is -0.492 e. The number of alkyl halides is 1. The van der Waals surface area contributed by atoms with Crippen LogP contribution in [0, 0.1) is 0 Å². The molecule has 0 aliphatic heterocycles. The summed E-state index contributed by atoms with van der Waals surface area (Å²) < 4.78 is 12.1. The minimum atomic E-state index is 0.284. The van der Waals surface area contributed by atoms with Crippen LogP contribution in [0.2, 0.25) is 5.02 Å². The fourth-order valence-corrected chi connectivity index (χ4v) is 4.01. The maximum absolute atomic E-state index is 6.60. The molecule has 156 valence electrons. The van der Waals surface area contributed by atoms with Gasteiger partial charge in [-0.25, -0.2) is 0 Å². The van der Waals surface area contributed by atoms with Crippen LogP contribution in [0.5, 0.6) is 11.5 Å². The van der Waals surface area contributed by atoms with Crippen LogP contribution >= 0.6 is 27.5 Å².